The van der Waals surface area contributed by atoms with Gasteiger partial charge in [-0.15, -0.1) is 0 Å². The zero-order chi connectivity index (χ0) is 16.8. The molecule has 0 radical (unpaired) electrons. The Morgan fingerprint density at radius 3 is 2.29 bits per heavy atom. The number of hydrogen-bond acceptors (Lipinski definition) is 4. The average Bonchev–Trinajstić information content (AvgIpc) is 2.60. The van der Waals surface area contributed by atoms with Gasteiger partial charge >= 0.3 is 0 Å². The van der Waals surface area contributed by atoms with Crippen molar-refractivity contribution in [2.24, 2.45) is 0 Å². The minimum absolute atomic E-state index is 0.252. The van der Waals surface area contributed by atoms with E-state index in [1.807, 2.05) is 54.6 Å². The predicted octanol–water partition coefficient (Wildman–Crippen LogP) is 3.77. The summed E-state index contributed by atoms with van der Waals surface area (Å²) in [5.41, 5.74) is -0.252. The molecule has 1 heterocycles. The predicted molar refractivity (Wildman–Crippen MR) is 92.0 cm³/mol. The highest BCUT2D eigenvalue weighted by Crippen LogP contribution is 2.23. The van der Waals surface area contributed by atoms with Crippen molar-refractivity contribution < 1.29 is 9.47 Å². The van der Waals surface area contributed by atoms with Gasteiger partial charge in [0.05, 0.1) is 18.9 Å². The smallest absolute Gasteiger partial charge is 0.270 e. The molecule has 0 saturated carbocycles. The monoisotopic (exact) mass is 342 g/mol. The fraction of sp³-hybridized carbons (Fsp3) is 0.111. The molecule has 0 atom stereocenters. The van der Waals surface area contributed by atoms with Crippen LogP contribution in [0.15, 0.2) is 71.8 Å². The van der Waals surface area contributed by atoms with Crippen LogP contribution in [0.4, 0.5) is 0 Å². The summed E-state index contributed by atoms with van der Waals surface area (Å²) in [6.07, 6.45) is 2.65. The topological polar surface area (TPSA) is 53.4 Å². The summed E-state index contributed by atoms with van der Waals surface area (Å²) in [4.78, 5) is 15.4. The lowest BCUT2D eigenvalue weighted by Crippen LogP contribution is -2.23. The van der Waals surface area contributed by atoms with Crippen molar-refractivity contribution in [2.75, 3.05) is 6.61 Å². The average molecular weight is 343 g/mol. The van der Waals surface area contributed by atoms with Crippen LogP contribution in [0.5, 0.6) is 17.2 Å². The summed E-state index contributed by atoms with van der Waals surface area (Å²) in [5.74, 6) is 2.19. The lowest BCUT2D eigenvalue weighted by atomic mass is 10.3. The van der Waals surface area contributed by atoms with Gasteiger partial charge in [-0.3, -0.25) is 14.3 Å². The number of hydrogen-bond donors (Lipinski definition) is 0. The largest absolute Gasteiger partial charge is 0.492 e. The molecule has 0 bridgehead atoms. The molecule has 3 rings (SSSR count). The van der Waals surface area contributed by atoms with Crippen LogP contribution in [0, 0.1) is 0 Å². The molecule has 0 aliphatic carbocycles. The molecular weight excluding hydrogens is 328 g/mol. The van der Waals surface area contributed by atoms with E-state index in [4.69, 9.17) is 21.1 Å². The molecule has 0 unspecified atom stereocenters. The Hall–Kier alpha value is -2.79. The van der Waals surface area contributed by atoms with Crippen molar-refractivity contribution in [3.05, 3.63) is 82.5 Å². The van der Waals surface area contributed by atoms with Gasteiger partial charge in [0.25, 0.3) is 5.56 Å². The minimum atomic E-state index is -0.252. The summed E-state index contributed by atoms with van der Waals surface area (Å²) in [7, 11) is 0. The van der Waals surface area contributed by atoms with E-state index in [0.717, 1.165) is 11.5 Å². The highest BCUT2D eigenvalue weighted by Gasteiger charge is 2.03. The van der Waals surface area contributed by atoms with Crippen molar-refractivity contribution >= 4 is 11.6 Å². The van der Waals surface area contributed by atoms with Crippen molar-refractivity contribution in [2.45, 2.75) is 6.54 Å². The summed E-state index contributed by atoms with van der Waals surface area (Å²) in [6.45, 7) is 0.672. The van der Waals surface area contributed by atoms with Gasteiger partial charge < -0.3 is 9.47 Å². The molecule has 0 aliphatic heterocycles. The fourth-order valence-electron chi connectivity index (χ4n) is 2.11. The van der Waals surface area contributed by atoms with E-state index in [1.54, 1.807) is 0 Å². The zero-order valence-corrected chi connectivity index (χ0v) is 13.5. The van der Waals surface area contributed by atoms with E-state index in [2.05, 4.69) is 4.98 Å². The molecule has 3 aromatic rings. The van der Waals surface area contributed by atoms with Gasteiger partial charge in [0, 0.05) is 0 Å². The first-order valence-corrected chi connectivity index (χ1v) is 7.76. The summed E-state index contributed by atoms with van der Waals surface area (Å²) in [6, 6.07) is 16.8. The number of ether oxygens (including phenoxy) is 2. The Balaban J connectivity index is 1.56. The molecule has 0 N–H and O–H groups in total. The zero-order valence-electron chi connectivity index (χ0n) is 12.8. The Morgan fingerprint density at radius 2 is 1.58 bits per heavy atom. The highest BCUT2D eigenvalue weighted by molar-refractivity contribution is 6.29. The minimum Gasteiger partial charge on any atom is -0.492 e. The number of nitrogens with zero attached hydrogens (tertiary/aromatic N) is 2. The van der Waals surface area contributed by atoms with Gasteiger partial charge in [0.2, 0.25) is 0 Å². The summed E-state index contributed by atoms with van der Waals surface area (Å²) >= 11 is 5.94. The quantitative estimate of drug-likeness (QED) is 0.684. The van der Waals surface area contributed by atoms with Gasteiger partial charge in [0.1, 0.15) is 29.0 Å². The Labute approximate surface area is 144 Å². The molecule has 0 fully saturated rings. The standard InChI is InChI=1S/C18H15ClN2O3/c19-17-12-20-13-18(22)21(17)10-11-23-14-6-8-16(9-7-14)24-15-4-2-1-3-5-15/h1-9,12-13H,10-11H2. The number of benzene rings is 2. The van der Waals surface area contributed by atoms with Crippen molar-refractivity contribution in [1.29, 1.82) is 0 Å². The molecule has 5 nitrogen and oxygen atoms in total. The van der Waals surface area contributed by atoms with Gasteiger partial charge in [-0.1, -0.05) is 29.8 Å². The fourth-order valence-corrected chi connectivity index (χ4v) is 2.33. The van der Waals surface area contributed by atoms with Crippen LogP contribution >= 0.6 is 11.6 Å². The van der Waals surface area contributed by atoms with Crippen molar-refractivity contribution in [3.63, 3.8) is 0 Å². The summed E-state index contributed by atoms with van der Waals surface area (Å²) in [5, 5.41) is 0.290. The van der Waals surface area contributed by atoms with Crippen molar-refractivity contribution in [1.82, 2.24) is 9.55 Å². The molecule has 1 aromatic heterocycles. The van der Waals surface area contributed by atoms with Crippen molar-refractivity contribution in [3.8, 4) is 17.2 Å². The molecule has 122 valence electrons. The van der Waals surface area contributed by atoms with Gasteiger partial charge in [-0.2, -0.15) is 0 Å². The maximum absolute atomic E-state index is 11.6. The number of aromatic nitrogens is 2. The highest BCUT2D eigenvalue weighted by atomic mass is 35.5. The van der Waals surface area contributed by atoms with E-state index in [1.165, 1.54) is 17.0 Å². The molecule has 0 amide bonds. The van der Waals surface area contributed by atoms with E-state index >= 15 is 0 Å². The molecular formula is C18H15ClN2O3. The number of halogens is 1. The maximum atomic E-state index is 11.6. The first-order valence-electron chi connectivity index (χ1n) is 7.38. The lowest BCUT2D eigenvalue weighted by molar-refractivity contribution is 0.296. The molecule has 2 aromatic carbocycles. The van der Waals surface area contributed by atoms with Crippen LogP contribution in [0.1, 0.15) is 0 Å². The third-order valence-corrected chi connectivity index (χ3v) is 3.58. The van der Waals surface area contributed by atoms with Crippen LogP contribution in [0.25, 0.3) is 0 Å². The number of rotatable bonds is 6. The first kappa shape index (κ1) is 16.1. The van der Waals surface area contributed by atoms with Crippen LogP contribution in [-0.4, -0.2) is 16.2 Å². The Morgan fingerprint density at radius 1 is 0.917 bits per heavy atom. The Bertz CT molecular complexity index is 848. The second-order valence-electron chi connectivity index (χ2n) is 4.95. The summed E-state index contributed by atoms with van der Waals surface area (Å²) < 4.78 is 12.7. The Kier molecular flexibility index (Phi) is 5.13. The van der Waals surface area contributed by atoms with Crippen LogP contribution < -0.4 is 15.0 Å². The third-order valence-electron chi connectivity index (χ3n) is 3.28. The van der Waals surface area contributed by atoms with E-state index in [9.17, 15) is 4.79 Å². The molecule has 0 saturated heterocycles. The van der Waals surface area contributed by atoms with E-state index in [0.29, 0.717) is 18.9 Å². The van der Waals surface area contributed by atoms with Gasteiger partial charge in [-0.25, -0.2) is 0 Å². The first-order chi connectivity index (χ1) is 11.7. The normalized spacial score (nSPS) is 10.4. The SMILES string of the molecule is O=c1cncc(Cl)n1CCOc1ccc(Oc2ccccc2)cc1. The maximum Gasteiger partial charge on any atom is 0.270 e. The van der Waals surface area contributed by atoms with Crippen LogP contribution in [0.3, 0.4) is 0 Å². The van der Waals surface area contributed by atoms with Gasteiger partial charge in [0.15, 0.2) is 0 Å². The second-order valence-corrected chi connectivity index (χ2v) is 5.34. The molecule has 24 heavy (non-hydrogen) atoms. The van der Waals surface area contributed by atoms with E-state index < -0.39 is 0 Å². The van der Waals surface area contributed by atoms with Gasteiger partial charge in [-0.05, 0) is 36.4 Å². The van der Waals surface area contributed by atoms with E-state index in [-0.39, 0.29) is 10.7 Å². The molecule has 6 heteroatoms. The molecule has 0 spiro atoms. The molecule has 0 aliphatic rings. The number of para-hydroxylation sites is 1. The third kappa shape index (κ3) is 4.14. The van der Waals surface area contributed by atoms with Crippen LogP contribution in [0.2, 0.25) is 5.15 Å². The van der Waals surface area contributed by atoms with Crippen LogP contribution in [-0.2, 0) is 6.54 Å². The lowest BCUT2D eigenvalue weighted by Gasteiger charge is -2.10. The second kappa shape index (κ2) is 7.66.